The highest BCUT2D eigenvalue weighted by Gasteiger charge is 2.03. The fourth-order valence-corrected chi connectivity index (χ4v) is 1.72. The molecule has 118 valence electrons. The molecule has 0 aliphatic carbocycles. The Morgan fingerprint density at radius 2 is 2.05 bits per heavy atom. The van der Waals surface area contributed by atoms with Gasteiger partial charge in [-0.2, -0.15) is 0 Å². The second-order valence-electron chi connectivity index (χ2n) is 4.66. The predicted molar refractivity (Wildman–Crippen MR) is 82.3 cm³/mol. The molecule has 1 aromatic rings. The van der Waals surface area contributed by atoms with Gasteiger partial charge in [0.25, 0.3) is 0 Å². The lowest BCUT2D eigenvalue weighted by atomic mass is 10.3. The van der Waals surface area contributed by atoms with Crippen LogP contribution in [0.1, 0.15) is 13.3 Å². The van der Waals surface area contributed by atoms with E-state index >= 15 is 0 Å². The summed E-state index contributed by atoms with van der Waals surface area (Å²) < 4.78 is 23.3. The quantitative estimate of drug-likeness (QED) is 0.436. The summed E-state index contributed by atoms with van der Waals surface area (Å²) >= 11 is 0. The minimum Gasteiger partial charge on any atom is -0.494 e. The van der Waals surface area contributed by atoms with Crippen molar-refractivity contribution >= 4 is 5.96 Å². The molecule has 0 bridgehead atoms. The van der Waals surface area contributed by atoms with E-state index in [-0.39, 0.29) is 11.9 Å². The van der Waals surface area contributed by atoms with E-state index in [9.17, 15) is 4.39 Å². The molecule has 0 saturated heterocycles. The van der Waals surface area contributed by atoms with Crippen molar-refractivity contribution in [2.45, 2.75) is 19.4 Å². The molecule has 1 aromatic carbocycles. The zero-order chi connectivity index (χ0) is 15.5. The molecular weight excluding hydrogens is 273 g/mol. The average Bonchev–Trinajstić information content (AvgIpc) is 2.48. The second kappa shape index (κ2) is 9.99. The Bertz CT molecular complexity index is 423. The van der Waals surface area contributed by atoms with Gasteiger partial charge >= 0.3 is 0 Å². The Morgan fingerprint density at radius 3 is 2.67 bits per heavy atom. The Morgan fingerprint density at radius 1 is 1.33 bits per heavy atom. The highest BCUT2D eigenvalue weighted by molar-refractivity contribution is 5.79. The first-order valence-corrected chi connectivity index (χ1v) is 7.00. The predicted octanol–water partition coefficient (Wildman–Crippen LogP) is 1.79. The van der Waals surface area contributed by atoms with Crippen LogP contribution < -0.4 is 15.4 Å². The fraction of sp³-hybridized carbons (Fsp3) is 0.533. The Balaban J connectivity index is 2.16. The van der Waals surface area contributed by atoms with Gasteiger partial charge in [-0.25, -0.2) is 4.39 Å². The van der Waals surface area contributed by atoms with Crippen molar-refractivity contribution in [1.29, 1.82) is 0 Å². The molecule has 5 nitrogen and oxygen atoms in total. The SMILES string of the molecule is CN=C(NCCCOc1ccc(F)cc1)NC(C)COC. The van der Waals surface area contributed by atoms with Gasteiger partial charge in [0.2, 0.25) is 0 Å². The molecule has 1 unspecified atom stereocenters. The molecule has 6 heteroatoms. The third-order valence-electron chi connectivity index (χ3n) is 2.72. The van der Waals surface area contributed by atoms with Crippen molar-refractivity contribution in [2.24, 2.45) is 4.99 Å². The van der Waals surface area contributed by atoms with Crippen LogP contribution >= 0.6 is 0 Å². The molecule has 0 heterocycles. The zero-order valence-corrected chi connectivity index (χ0v) is 12.9. The lowest BCUT2D eigenvalue weighted by Crippen LogP contribution is -2.44. The number of nitrogens with one attached hydrogen (secondary N) is 2. The van der Waals surface area contributed by atoms with Crippen LogP contribution in [0.3, 0.4) is 0 Å². The number of aliphatic imine (C=N–C) groups is 1. The molecule has 0 saturated carbocycles. The van der Waals surface area contributed by atoms with E-state index in [1.165, 1.54) is 12.1 Å². The Hall–Kier alpha value is -1.82. The number of benzene rings is 1. The van der Waals surface area contributed by atoms with Gasteiger partial charge in [0.15, 0.2) is 5.96 Å². The first-order valence-electron chi connectivity index (χ1n) is 7.00. The summed E-state index contributed by atoms with van der Waals surface area (Å²) in [5, 5.41) is 6.41. The van der Waals surface area contributed by atoms with E-state index in [0.717, 1.165) is 18.9 Å². The van der Waals surface area contributed by atoms with Gasteiger partial charge < -0.3 is 20.1 Å². The van der Waals surface area contributed by atoms with Crippen LogP contribution in [0, 0.1) is 5.82 Å². The maximum atomic E-state index is 12.7. The monoisotopic (exact) mass is 297 g/mol. The first-order chi connectivity index (χ1) is 10.2. The van der Waals surface area contributed by atoms with Crippen molar-refractivity contribution in [3.63, 3.8) is 0 Å². The molecule has 1 atom stereocenters. The highest BCUT2D eigenvalue weighted by atomic mass is 19.1. The lowest BCUT2D eigenvalue weighted by Gasteiger charge is -2.17. The average molecular weight is 297 g/mol. The molecule has 0 amide bonds. The maximum Gasteiger partial charge on any atom is 0.191 e. The van der Waals surface area contributed by atoms with E-state index < -0.39 is 0 Å². The number of halogens is 1. The van der Waals surface area contributed by atoms with Crippen LogP contribution in [0.15, 0.2) is 29.3 Å². The van der Waals surface area contributed by atoms with Crippen molar-refractivity contribution in [3.05, 3.63) is 30.1 Å². The van der Waals surface area contributed by atoms with Gasteiger partial charge in [-0.15, -0.1) is 0 Å². The smallest absolute Gasteiger partial charge is 0.191 e. The number of guanidine groups is 1. The van der Waals surface area contributed by atoms with Gasteiger partial charge in [0.05, 0.1) is 13.2 Å². The van der Waals surface area contributed by atoms with E-state index in [0.29, 0.717) is 19.0 Å². The molecule has 1 rings (SSSR count). The number of ether oxygens (including phenoxy) is 2. The molecule has 0 spiro atoms. The molecule has 0 fully saturated rings. The summed E-state index contributed by atoms with van der Waals surface area (Å²) in [5.41, 5.74) is 0. The third-order valence-corrected chi connectivity index (χ3v) is 2.72. The molecule has 21 heavy (non-hydrogen) atoms. The summed E-state index contributed by atoms with van der Waals surface area (Å²) in [7, 11) is 3.39. The molecule has 0 aliphatic rings. The van der Waals surface area contributed by atoms with E-state index in [2.05, 4.69) is 15.6 Å². The molecular formula is C15H24FN3O2. The molecule has 0 aromatic heterocycles. The van der Waals surface area contributed by atoms with Gasteiger partial charge in [0.1, 0.15) is 11.6 Å². The lowest BCUT2D eigenvalue weighted by molar-refractivity contribution is 0.179. The van der Waals surface area contributed by atoms with Gasteiger partial charge in [-0.1, -0.05) is 0 Å². The van der Waals surface area contributed by atoms with Crippen LogP contribution in [0.4, 0.5) is 4.39 Å². The number of nitrogens with zero attached hydrogens (tertiary/aromatic N) is 1. The normalized spacial score (nSPS) is 12.9. The van der Waals surface area contributed by atoms with Crippen LogP contribution in [-0.4, -0.2) is 45.9 Å². The number of methoxy groups -OCH3 is 1. The minimum atomic E-state index is -0.260. The Kier molecular flexibility index (Phi) is 8.19. The maximum absolute atomic E-state index is 12.7. The third kappa shape index (κ3) is 7.51. The van der Waals surface area contributed by atoms with E-state index in [4.69, 9.17) is 9.47 Å². The number of hydrogen-bond acceptors (Lipinski definition) is 3. The fourth-order valence-electron chi connectivity index (χ4n) is 1.72. The van der Waals surface area contributed by atoms with Crippen molar-refractivity contribution < 1.29 is 13.9 Å². The van der Waals surface area contributed by atoms with Gasteiger partial charge in [0, 0.05) is 26.7 Å². The first kappa shape index (κ1) is 17.2. The minimum absolute atomic E-state index is 0.191. The summed E-state index contributed by atoms with van der Waals surface area (Å²) in [4.78, 5) is 4.13. The Labute approximate surface area is 125 Å². The molecule has 2 N–H and O–H groups in total. The highest BCUT2D eigenvalue weighted by Crippen LogP contribution is 2.10. The number of rotatable bonds is 8. The summed E-state index contributed by atoms with van der Waals surface area (Å²) in [6, 6.07) is 6.20. The van der Waals surface area contributed by atoms with Gasteiger partial charge in [-0.05, 0) is 37.6 Å². The largest absolute Gasteiger partial charge is 0.494 e. The standard InChI is InChI=1S/C15H24FN3O2/c1-12(11-20-3)19-15(17-2)18-9-4-10-21-14-7-5-13(16)6-8-14/h5-8,12H,4,9-11H2,1-3H3,(H2,17,18,19). The molecule has 0 radical (unpaired) electrons. The van der Waals surface area contributed by atoms with Crippen molar-refractivity contribution in [2.75, 3.05) is 33.9 Å². The van der Waals surface area contributed by atoms with Crippen LogP contribution in [0.25, 0.3) is 0 Å². The molecule has 0 aliphatic heterocycles. The second-order valence-corrected chi connectivity index (χ2v) is 4.66. The summed E-state index contributed by atoms with van der Waals surface area (Å²) in [5.74, 6) is 1.15. The van der Waals surface area contributed by atoms with Crippen molar-refractivity contribution in [3.8, 4) is 5.75 Å². The topological polar surface area (TPSA) is 54.9 Å². The van der Waals surface area contributed by atoms with Crippen LogP contribution in [0.5, 0.6) is 5.75 Å². The van der Waals surface area contributed by atoms with Crippen LogP contribution in [0.2, 0.25) is 0 Å². The zero-order valence-electron chi connectivity index (χ0n) is 12.9. The van der Waals surface area contributed by atoms with Gasteiger partial charge in [-0.3, -0.25) is 4.99 Å². The summed E-state index contributed by atoms with van der Waals surface area (Å²) in [6.45, 7) is 3.94. The van der Waals surface area contributed by atoms with E-state index in [1.54, 1.807) is 26.3 Å². The van der Waals surface area contributed by atoms with Crippen molar-refractivity contribution in [1.82, 2.24) is 10.6 Å². The summed E-state index contributed by atoms with van der Waals surface area (Å²) in [6.07, 6.45) is 0.816. The van der Waals surface area contributed by atoms with E-state index in [1.807, 2.05) is 6.92 Å². The number of hydrogen-bond donors (Lipinski definition) is 2. The van der Waals surface area contributed by atoms with Crippen LogP contribution in [-0.2, 0) is 4.74 Å².